The van der Waals surface area contributed by atoms with E-state index >= 15 is 0 Å². The van der Waals surface area contributed by atoms with Crippen molar-refractivity contribution in [3.8, 4) is 0 Å². The average molecular weight is 242 g/mol. The molecule has 0 aromatic heterocycles. The van der Waals surface area contributed by atoms with Crippen molar-refractivity contribution in [3.63, 3.8) is 0 Å². The highest BCUT2D eigenvalue weighted by Gasteiger charge is 2.37. The van der Waals surface area contributed by atoms with Crippen LogP contribution in [0.15, 0.2) is 0 Å². The zero-order valence-electron chi connectivity index (χ0n) is 9.97. The summed E-state index contributed by atoms with van der Waals surface area (Å²) in [5, 5.41) is 2.54. The maximum Gasteiger partial charge on any atom is 0.245 e. The van der Waals surface area contributed by atoms with Crippen molar-refractivity contribution in [2.24, 2.45) is 11.5 Å². The summed E-state index contributed by atoms with van der Waals surface area (Å²) < 4.78 is 0. The van der Waals surface area contributed by atoms with Crippen molar-refractivity contribution in [2.45, 2.75) is 38.4 Å². The Hall–Kier alpha value is -1.63. The summed E-state index contributed by atoms with van der Waals surface area (Å²) in [5.74, 6) is -1.22. The molecule has 1 rings (SSSR count). The number of hydrogen-bond donors (Lipinski definition) is 3. The number of likely N-dealkylation sites (tertiary alicyclic amines) is 1. The number of rotatable bonds is 4. The minimum atomic E-state index is -0.662. The number of nitrogens with two attached hydrogens (primary N) is 2. The standard InChI is InChI=1S/C10H18N4O3/c1-5(11)9(16)13-7-3-4-14(10(7)17)6(2)8(12)15/h5-7H,3-4,11H2,1-2H3,(H2,12,15)(H,13,16)/t5-,6-,7+/m0/s1. The average Bonchev–Trinajstić information content (AvgIpc) is 2.59. The molecule has 17 heavy (non-hydrogen) atoms. The number of carbonyl (C=O) groups excluding carboxylic acids is 3. The van der Waals surface area contributed by atoms with Crippen LogP contribution in [0.25, 0.3) is 0 Å². The third kappa shape index (κ3) is 2.94. The van der Waals surface area contributed by atoms with E-state index in [4.69, 9.17) is 11.5 Å². The van der Waals surface area contributed by atoms with Crippen molar-refractivity contribution >= 4 is 17.7 Å². The minimum Gasteiger partial charge on any atom is -0.368 e. The van der Waals surface area contributed by atoms with Crippen molar-refractivity contribution in [1.82, 2.24) is 10.2 Å². The van der Waals surface area contributed by atoms with Crippen LogP contribution in [0.3, 0.4) is 0 Å². The molecule has 0 spiro atoms. The fourth-order valence-electron chi connectivity index (χ4n) is 1.68. The van der Waals surface area contributed by atoms with Crippen molar-refractivity contribution in [2.75, 3.05) is 6.54 Å². The lowest BCUT2D eigenvalue weighted by Gasteiger charge is -2.22. The number of carbonyl (C=O) groups is 3. The fourth-order valence-corrected chi connectivity index (χ4v) is 1.68. The Labute approximate surface area is 99.5 Å². The topological polar surface area (TPSA) is 119 Å². The van der Waals surface area contributed by atoms with Gasteiger partial charge in [-0.2, -0.15) is 0 Å². The minimum absolute atomic E-state index is 0.287. The molecule has 0 saturated carbocycles. The van der Waals surface area contributed by atoms with Crippen LogP contribution < -0.4 is 16.8 Å². The SMILES string of the molecule is C[C@H](N)C(=O)N[C@@H]1CCN([C@@H](C)C(N)=O)C1=O. The van der Waals surface area contributed by atoms with Gasteiger partial charge in [0, 0.05) is 6.54 Å². The summed E-state index contributed by atoms with van der Waals surface area (Å²) in [4.78, 5) is 35.6. The van der Waals surface area contributed by atoms with E-state index in [0.717, 1.165) is 0 Å². The van der Waals surface area contributed by atoms with Crippen molar-refractivity contribution in [1.29, 1.82) is 0 Å². The predicted octanol–water partition coefficient (Wildman–Crippen LogP) is -2.08. The highest BCUT2D eigenvalue weighted by Crippen LogP contribution is 2.14. The van der Waals surface area contributed by atoms with Crippen LogP contribution in [0.4, 0.5) is 0 Å². The lowest BCUT2D eigenvalue weighted by molar-refractivity contribution is -0.137. The first-order valence-corrected chi connectivity index (χ1v) is 5.50. The van der Waals surface area contributed by atoms with Crippen LogP contribution in [0.5, 0.6) is 0 Å². The Morgan fingerprint density at radius 3 is 2.53 bits per heavy atom. The Bertz CT molecular complexity index is 342. The zero-order valence-corrected chi connectivity index (χ0v) is 9.97. The van der Waals surface area contributed by atoms with Crippen molar-refractivity contribution in [3.05, 3.63) is 0 Å². The quantitative estimate of drug-likeness (QED) is 0.524. The summed E-state index contributed by atoms with van der Waals surface area (Å²) in [6.07, 6.45) is 0.467. The Morgan fingerprint density at radius 2 is 2.06 bits per heavy atom. The molecule has 5 N–H and O–H groups in total. The van der Waals surface area contributed by atoms with Crippen LogP contribution in [0, 0.1) is 0 Å². The van der Waals surface area contributed by atoms with Gasteiger partial charge in [0.25, 0.3) is 0 Å². The van der Waals surface area contributed by atoms with E-state index < -0.39 is 24.0 Å². The van der Waals surface area contributed by atoms with E-state index in [1.165, 1.54) is 4.90 Å². The molecule has 1 saturated heterocycles. The third-order valence-electron chi connectivity index (χ3n) is 2.85. The second kappa shape index (κ2) is 5.13. The van der Waals surface area contributed by atoms with Gasteiger partial charge in [-0.15, -0.1) is 0 Å². The first-order valence-electron chi connectivity index (χ1n) is 5.50. The number of nitrogens with zero attached hydrogens (tertiary/aromatic N) is 1. The van der Waals surface area contributed by atoms with Crippen LogP contribution in [-0.4, -0.2) is 47.3 Å². The normalized spacial score (nSPS) is 23.4. The maximum atomic E-state index is 11.9. The van der Waals surface area contributed by atoms with Crippen LogP contribution in [0.1, 0.15) is 20.3 Å². The Balaban J connectivity index is 2.62. The highest BCUT2D eigenvalue weighted by atomic mass is 16.2. The van der Waals surface area contributed by atoms with E-state index in [0.29, 0.717) is 13.0 Å². The molecule has 0 unspecified atom stereocenters. The lowest BCUT2D eigenvalue weighted by atomic mass is 10.2. The third-order valence-corrected chi connectivity index (χ3v) is 2.85. The molecule has 0 aromatic carbocycles. The number of primary amides is 1. The highest BCUT2D eigenvalue weighted by molar-refractivity contribution is 5.93. The van der Waals surface area contributed by atoms with Gasteiger partial charge in [-0.05, 0) is 20.3 Å². The fraction of sp³-hybridized carbons (Fsp3) is 0.700. The molecule has 7 heteroatoms. The second-order valence-electron chi connectivity index (χ2n) is 4.25. The summed E-state index contributed by atoms with van der Waals surface area (Å²) in [5.41, 5.74) is 10.5. The zero-order chi connectivity index (χ0) is 13.2. The van der Waals surface area contributed by atoms with E-state index in [-0.39, 0.29) is 11.8 Å². The van der Waals surface area contributed by atoms with E-state index in [9.17, 15) is 14.4 Å². The molecule has 1 heterocycles. The number of hydrogen-bond acceptors (Lipinski definition) is 4. The first-order chi connectivity index (χ1) is 7.84. The molecule has 0 aromatic rings. The van der Waals surface area contributed by atoms with Crippen LogP contribution in [0.2, 0.25) is 0 Å². The van der Waals surface area contributed by atoms with E-state index in [1.54, 1.807) is 13.8 Å². The molecule has 0 radical (unpaired) electrons. The predicted molar refractivity (Wildman–Crippen MR) is 60.6 cm³/mol. The molecular weight excluding hydrogens is 224 g/mol. The molecule has 7 nitrogen and oxygen atoms in total. The van der Waals surface area contributed by atoms with Gasteiger partial charge in [0.05, 0.1) is 6.04 Å². The van der Waals surface area contributed by atoms with Gasteiger partial charge >= 0.3 is 0 Å². The van der Waals surface area contributed by atoms with Gasteiger partial charge in [-0.3, -0.25) is 14.4 Å². The maximum absolute atomic E-state index is 11.9. The Kier molecular flexibility index (Phi) is 4.06. The van der Waals surface area contributed by atoms with Gasteiger partial charge in [-0.1, -0.05) is 0 Å². The summed E-state index contributed by atoms with van der Waals surface area (Å²) >= 11 is 0. The van der Waals surface area contributed by atoms with Gasteiger partial charge in [-0.25, -0.2) is 0 Å². The van der Waals surface area contributed by atoms with Crippen LogP contribution in [-0.2, 0) is 14.4 Å². The van der Waals surface area contributed by atoms with Crippen LogP contribution >= 0.6 is 0 Å². The number of nitrogens with one attached hydrogen (secondary N) is 1. The number of amides is 3. The summed E-state index contributed by atoms with van der Waals surface area (Å²) in [6.45, 7) is 3.52. The smallest absolute Gasteiger partial charge is 0.245 e. The Morgan fingerprint density at radius 1 is 1.47 bits per heavy atom. The molecule has 3 amide bonds. The molecule has 0 aliphatic carbocycles. The molecular formula is C10H18N4O3. The van der Waals surface area contributed by atoms with E-state index in [2.05, 4.69) is 5.32 Å². The lowest BCUT2D eigenvalue weighted by Crippen LogP contribution is -2.50. The molecule has 1 aliphatic rings. The summed E-state index contributed by atoms with van der Waals surface area (Å²) in [6, 6.07) is -1.92. The molecule has 3 atom stereocenters. The van der Waals surface area contributed by atoms with Gasteiger partial charge in [0.2, 0.25) is 17.7 Å². The first kappa shape index (κ1) is 13.4. The molecule has 1 fully saturated rings. The van der Waals surface area contributed by atoms with Crippen molar-refractivity contribution < 1.29 is 14.4 Å². The molecule has 1 aliphatic heterocycles. The molecule has 96 valence electrons. The summed E-state index contributed by atoms with van der Waals surface area (Å²) in [7, 11) is 0. The van der Waals surface area contributed by atoms with Gasteiger partial charge < -0.3 is 21.7 Å². The largest absolute Gasteiger partial charge is 0.368 e. The van der Waals surface area contributed by atoms with Gasteiger partial charge in [0.1, 0.15) is 12.1 Å². The van der Waals surface area contributed by atoms with E-state index in [1.807, 2.05) is 0 Å². The molecule has 0 bridgehead atoms. The second-order valence-corrected chi connectivity index (χ2v) is 4.25. The van der Waals surface area contributed by atoms with Gasteiger partial charge in [0.15, 0.2) is 0 Å². The monoisotopic (exact) mass is 242 g/mol.